The zero-order valence-corrected chi connectivity index (χ0v) is 10.9. The predicted octanol–water partition coefficient (Wildman–Crippen LogP) is 0.533. The number of hydrogen-bond donors (Lipinski definition) is 2. The average molecular weight is 260 g/mol. The van der Waals surface area contributed by atoms with E-state index >= 15 is 0 Å². The average Bonchev–Trinajstić information content (AvgIpc) is 2.91. The first-order valence-electron chi connectivity index (χ1n) is 5.95. The van der Waals surface area contributed by atoms with Gasteiger partial charge in [0.1, 0.15) is 11.5 Å². The number of anilines is 1. The molecular formula is C12H16N6O. The Bertz CT molecular complexity index is 539. The maximum Gasteiger partial charge on any atom is 0.271 e. The molecule has 0 radical (unpaired) electrons. The van der Waals surface area contributed by atoms with Crippen LogP contribution in [0.2, 0.25) is 0 Å². The molecule has 2 N–H and O–H groups in total. The molecule has 19 heavy (non-hydrogen) atoms. The standard InChI is InChI=1S/C12H16N6O/c1-9(7-18-4-3-14-8-18)16-12(19)10-5-15-6-11(13-2)17-10/h3-6,8-9H,7H2,1-2H3,(H,13,17)(H,16,19). The molecule has 2 aromatic rings. The van der Waals surface area contributed by atoms with Gasteiger partial charge in [-0.3, -0.25) is 9.78 Å². The SMILES string of the molecule is CNc1cncc(C(=O)NC(C)Cn2ccnc2)n1. The minimum absolute atomic E-state index is 0.0262. The van der Waals surface area contributed by atoms with E-state index < -0.39 is 0 Å². The number of hydrogen-bond acceptors (Lipinski definition) is 5. The third-order valence-electron chi connectivity index (χ3n) is 2.54. The molecule has 0 aliphatic heterocycles. The summed E-state index contributed by atoms with van der Waals surface area (Å²) in [4.78, 5) is 24.0. The van der Waals surface area contributed by atoms with Gasteiger partial charge in [0.25, 0.3) is 5.91 Å². The van der Waals surface area contributed by atoms with Gasteiger partial charge < -0.3 is 15.2 Å². The van der Waals surface area contributed by atoms with Crippen molar-refractivity contribution < 1.29 is 4.79 Å². The monoisotopic (exact) mass is 260 g/mol. The fraction of sp³-hybridized carbons (Fsp3) is 0.333. The largest absolute Gasteiger partial charge is 0.372 e. The van der Waals surface area contributed by atoms with Gasteiger partial charge in [-0.15, -0.1) is 0 Å². The van der Waals surface area contributed by atoms with Crippen LogP contribution < -0.4 is 10.6 Å². The summed E-state index contributed by atoms with van der Waals surface area (Å²) in [5.41, 5.74) is 0.296. The number of rotatable bonds is 5. The zero-order valence-electron chi connectivity index (χ0n) is 10.9. The minimum atomic E-state index is -0.239. The van der Waals surface area contributed by atoms with Gasteiger partial charge in [-0.05, 0) is 6.92 Å². The lowest BCUT2D eigenvalue weighted by atomic mass is 10.3. The Morgan fingerprint density at radius 1 is 1.42 bits per heavy atom. The van der Waals surface area contributed by atoms with Crippen molar-refractivity contribution in [3.05, 3.63) is 36.8 Å². The van der Waals surface area contributed by atoms with Crippen LogP contribution in [0.15, 0.2) is 31.1 Å². The summed E-state index contributed by atoms with van der Waals surface area (Å²) in [7, 11) is 1.73. The van der Waals surface area contributed by atoms with Crippen molar-refractivity contribution in [3.8, 4) is 0 Å². The number of carbonyl (C=O) groups is 1. The fourth-order valence-electron chi connectivity index (χ4n) is 1.65. The number of nitrogens with one attached hydrogen (secondary N) is 2. The lowest BCUT2D eigenvalue weighted by Gasteiger charge is -2.14. The van der Waals surface area contributed by atoms with Crippen LogP contribution in [-0.2, 0) is 6.54 Å². The first kappa shape index (κ1) is 13.0. The van der Waals surface area contributed by atoms with Crippen molar-refractivity contribution in [1.82, 2.24) is 24.8 Å². The lowest BCUT2D eigenvalue weighted by molar-refractivity contribution is 0.0931. The molecule has 0 saturated heterocycles. The first-order chi connectivity index (χ1) is 9.19. The second-order valence-electron chi connectivity index (χ2n) is 4.17. The van der Waals surface area contributed by atoms with Gasteiger partial charge in [-0.2, -0.15) is 0 Å². The summed E-state index contributed by atoms with van der Waals surface area (Å²) in [5.74, 6) is 0.326. The molecule has 2 heterocycles. The smallest absolute Gasteiger partial charge is 0.271 e. The van der Waals surface area contributed by atoms with Crippen molar-refractivity contribution >= 4 is 11.7 Å². The summed E-state index contributed by atoms with van der Waals surface area (Å²) in [6.07, 6.45) is 8.27. The zero-order chi connectivity index (χ0) is 13.7. The Morgan fingerprint density at radius 3 is 2.95 bits per heavy atom. The highest BCUT2D eigenvalue weighted by atomic mass is 16.1. The highest BCUT2D eigenvalue weighted by molar-refractivity contribution is 5.92. The molecule has 0 aromatic carbocycles. The van der Waals surface area contributed by atoms with Crippen molar-refractivity contribution in [1.29, 1.82) is 0 Å². The highest BCUT2D eigenvalue weighted by Gasteiger charge is 2.12. The Kier molecular flexibility index (Phi) is 4.07. The molecule has 7 heteroatoms. The molecule has 1 atom stereocenters. The quantitative estimate of drug-likeness (QED) is 0.819. The van der Waals surface area contributed by atoms with Crippen LogP contribution >= 0.6 is 0 Å². The molecule has 0 spiro atoms. The van der Waals surface area contributed by atoms with Gasteiger partial charge >= 0.3 is 0 Å². The Morgan fingerprint density at radius 2 is 2.26 bits per heavy atom. The fourth-order valence-corrected chi connectivity index (χ4v) is 1.65. The van der Waals surface area contributed by atoms with Gasteiger partial charge in [0.05, 0.1) is 18.7 Å². The second-order valence-corrected chi connectivity index (χ2v) is 4.17. The van der Waals surface area contributed by atoms with E-state index in [-0.39, 0.29) is 11.9 Å². The highest BCUT2D eigenvalue weighted by Crippen LogP contribution is 2.01. The van der Waals surface area contributed by atoms with Crippen molar-refractivity contribution in [2.75, 3.05) is 12.4 Å². The third-order valence-corrected chi connectivity index (χ3v) is 2.54. The lowest BCUT2D eigenvalue weighted by Crippen LogP contribution is -2.36. The predicted molar refractivity (Wildman–Crippen MR) is 70.7 cm³/mol. The summed E-state index contributed by atoms with van der Waals surface area (Å²) in [6, 6.07) is -0.0262. The molecule has 1 amide bonds. The van der Waals surface area contributed by atoms with Crippen LogP contribution in [0.1, 0.15) is 17.4 Å². The molecule has 2 rings (SSSR count). The molecule has 0 saturated carbocycles. The van der Waals surface area contributed by atoms with Crippen LogP contribution in [0, 0.1) is 0 Å². The van der Waals surface area contributed by atoms with E-state index in [9.17, 15) is 4.79 Å². The normalized spacial score (nSPS) is 11.9. The van der Waals surface area contributed by atoms with Crippen LogP contribution in [0.3, 0.4) is 0 Å². The third kappa shape index (κ3) is 3.51. The van der Waals surface area contributed by atoms with Gasteiger partial charge in [-0.1, -0.05) is 0 Å². The van der Waals surface area contributed by atoms with Gasteiger partial charge in [-0.25, -0.2) is 9.97 Å². The topological polar surface area (TPSA) is 84.7 Å². The van der Waals surface area contributed by atoms with Crippen LogP contribution in [-0.4, -0.2) is 38.5 Å². The van der Waals surface area contributed by atoms with Crippen LogP contribution in [0.4, 0.5) is 5.82 Å². The summed E-state index contributed by atoms with van der Waals surface area (Å²) < 4.78 is 1.90. The summed E-state index contributed by atoms with van der Waals surface area (Å²) >= 11 is 0. The minimum Gasteiger partial charge on any atom is -0.372 e. The van der Waals surface area contributed by atoms with Crippen molar-refractivity contribution in [2.24, 2.45) is 0 Å². The molecule has 100 valence electrons. The number of aromatic nitrogens is 4. The van der Waals surface area contributed by atoms with Gasteiger partial charge in [0.15, 0.2) is 0 Å². The van der Waals surface area contributed by atoms with Gasteiger partial charge in [0, 0.05) is 32.0 Å². The van der Waals surface area contributed by atoms with E-state index in [4.69, 9.17) is 0 Å². The maximum absolute atomic E-state index is 12.0. The van der Waals surface area contributed by atoms with E-state index in [2.05, 4.69) is 25.6 Å². The van der Waals surface area contributed by atoms with E-state index in [0.717, 1.165) is 0 Å². The molecule has 0 bridgehead atoms. The first-order valence-corrected chi connectivity index (χ1v) is 5.95. The number of carbonyl (C=O) groups excluding carboxylic acids is 1. The maximum atomic E-state index is 12.0. The van der Waals surface area contributed by atoms with E-state index in [0.29, 0.717) is 18.1 Å². The van der Waals surface area contributed by atoms with Crippen LogP contribution in [0.5, 0.6) is 0 Å². The van der Waals surface area contributed by atoms with Crippen molar-refractivity contribution in [2.45, 2.75) is 19.5 Å². The number of amides is 1. The van der Waals surface area contributed by atoms with Crippen molar-refractivity contribution in [3.63, 3.8) is 0 Å². The van der Waals surface area contributed by atoms with E-state index in [1.807, 2.05) is 17.7 Å². The summed E-state index contributed by atoms with van der Waals surface area (Å²) in [6.45, 7) is 2.58. The molecule has 0 aliphatic rings. The summed E-state index contributed by atoms with van der Waals surface area (Å²) in [5, 5.41) is 5.71. The van der Waals surface area contributed by atoms with Crippen LogP contribution in [0.25, 0.3) is 0 Å². The Hall–Kier alpha value is -2.44. The van der Waals surface area contributed by atoms with E-state index in [1.165, 1.54) is 6.20 Å². The molecule has 7 nitrogen and oxygen atoms in total. The van der Waals surface area contributed by atoms with Gasteiger partial charge in [0.2, 0.25) is 0 Å². The molecule has 2 aromatic heterocycles. The Balaban J connectivity index is 1.96. The molecule has 1 unspecified atom stereocenters. The number of nitrogens with zero attached hydrogens (tertiary/aromatic N) is 4. The molecular weight excluding hydrogens is 244 g/mol. The van der Waals surface area contributed by atoms with E-state index in [1.54, 1.807) is 25.8 Å². The molecule has 0 fully saturated rings. The molecule has 0 aliphatic carbocycles. The second kappa shape index (κ2) is 5.94. The Labute approximate surface area is 111 Å². The number of imidazole rings is 1.